The first kappa shape index (κ1) is 23.7. The van der Waals surface area contributed by atoms with E-state index >= 15 is 0 Å². The van der Waals surface area contributed by atoms with E-state index in [1.54, 1.807) is 13.3 Å². The topological polar surface area (TPSA) is 72.4 Å². The van der Waals surface area contributed by atoms with Gasteiger partial charge in [0, 0.05) is 13.1 Å². The highest BCUT2D eigenvalue weighted by Crippen LogP contribution is 2.28. The summed E-state index contributed by atoms with van der Waals surface area (Å²) in [4.78, 5) is 14.0. The number of ether oxygens (including phenoxy) is 3. The molecule has 0 radical (unpaired) electrons. The van der Waals surface area contributed by atoms with E-state index in [9.17, 15) is 4.79 Å². The van der Waals surface area contributed by atoms with Gasteiger partial charge in [0.25, 0.3) is 5.91 Å². The zero-order valence-electron chi connectivity index (χ0n) is 17.3. The Kier molecular flexibility index (Phi) is 9.60. The first-order valence-electron chi connectivity index (χ1n) is 9.62. The number of benzene rings is 2. The van der Waals surface area contributed by atoms with Crippen molar-refractivity contribution in [3.8, 4) is 11.5 Å². The Bertz CT molecular complexity index is 837. The van der Waals surface area contributed by atoms with E-state index in [1.165, 1.54) is 5.56 Å². The minimum absolute atomic E-state index is 0. The van der Waals surface area contributed by atoms with E-state index in [4.69, 9.17) is 14.2 Å². The van der Waals surface area contributed by atoms with E-state index in [0.29, 0.717) is 37.9 Å². The van der Waals surface area contributed by atoms with Crippen LogP contribution in [0, 0.1) is 6.92 Å². The molecule has 162 valence electrons. The maximum Gasteiger partial charge on any atom is 0.254 e. The Morgan fingerprint density at radius 3 is 2.60 bits per heavy atom. The second kappa shape index (κ2) is 12.2. The number of morpholine rings is 1. The van der Waals surface area contributed by atoms with Gasteiger partial charge in [-0.05, 0) is 36.2 Å². The normalized spacial score (nSPS) is 14.2. The molecule has 1 saturated heterocycles. The lowest BCUT2D eigenvalue weighted by atomic mass is 10.2. The molecule has 2 aromatic carbocycles. The summed E-state index contributed by atoms with van der Waals surface area (Å²) in [7, 11) is 1.60. The van der Waals surface area contributed by atoms with Crippen molar-refractivity contribution >= 4 is 24.5 Å². The van der Waals surface area contributed by atoms with Crippen molar-refractivity contribution in [1.29, 1.82) is 0 Å². The van der Waals surface area contributed by atoms with Crippen LogP contribution in [0.5, 0.6) is 11.5 Å². The molecule has 1 aliphatic heterocycles. The molecule has 0 aromatic heterocycles. The summed E-state index contributed by atoms with van der Waals surface area (Å²) in [6.07, 6.45) is 1.59. The maximum atomic E-state index is 12.0. The zero-order chi connectivity index (χ0) is 20.5. The van der Waals surface area contributed by atoms with Crippen LogP contribution in [0.2, 0.25) is 0 Å². The summed E-state index contributed by atoms with van der Waals surface area (Å²) in [5, 5.41) is 4.04. The van der Waals surface area contributed by atoms with Crippen LogP contribution in [-0.2, 0) is 16.1 Å². The molecular weight excluding hydrogens is 406 g/mol. The Hall–Kier alpha value is -2.61. The van der Waals surface area contributed by atoms with Gasteiger partial charge in [0.2, 0.25) is 0 Å². The third-order valence-corrected chi connectivity index (χ3v) is 4.58. The summed E-state index contributed by atoms with van der Waals surface area (Å²) in [5.41, 5.74) is 5.66. The fourth-order valence-corrected chi connectivity index (χ4v) is 2.91. The molecular formula is C22H28ClN3O4. The minimum atomic E-state index is -0.145. The average Bonchev–Trinajstić information content (AvgIpc) is 2.74. The molecule has 0 aliphatic carbocycles. The first-order chi connectivity index (χ1) is 14.1. The molecule has 2 aromatic rings. The van der Waals surface area contributed by atoms with Gasteiger partial charge >= 0.3 is 0 Å². The lowest BCUT2D eigenvalue weighted by Gasteiger charge is -2.25. The molecule has 1 aliphatic rings. The Labute approximate surface area is 183 Å². The number of carbonyl (C=O) groups is 1. The monoisotopic (exact) mass is 433 g/mol. The average molecular weight is 434 g/mol. The minimum Gasteiger partial charge on any atom is -0.493 e. The number of hydrogen-bond donors (Lipinski definition) is 1. The molecule has 8 heteroatoms. The lowest BCUT2D eigenvalue weighted by Crippen LogP contribution is -2.42. The lowest BCUT2D eigenvalue weighted by molar-refractivity contribution is -0.123. The number of nitrogens with zero attached hydrogens (tertiary/aromatic N) is 2. The third-order valence-electron chi connectivity index (χ3n) is 4.58. The number of halogens is 1. The third kappa shape index (κ3) is 7.33. The SMILES string of the molecule is COc1cc(C=NNC(=O)CN2CCOCC2)ccc1OCc1ccc(C)cc1.Cl. The molecule has 7 nitrogen and oxygen atoms in total. The van der Waals surface area contributed by atoms with E-state index in [1.807, 2.05) is 35.2 Å². The fourth-order valence-electron chi connectivity index (χ4n) is 2.91. The van der Waals surface area contributed by atoms with Crippen LogP contribution < -0.4 is 14.9 Å². The van der Waals surface area contributed by atoms with E-state index in [0.717, 1.165) is 24.2 Å². The van der Waals surface area contributed by atoms with Gasteiger partial charge in [-0.1, -0.05) is 29.8 Å². The Morgan fingerprint density at radius 2 is 1.90 bits per heavy atom. The van der Waals surface area contributed by atoms with Crippen LogP contribution in [0.15, 0.2) is 47.6 Å². The highest BCUT2D eigenvalue weighted by Gasteiger charge is 2.13. The second-order valence-corrected chi connectivity index (χ2v) is 6.87. The number of hydrazone groups is 1. The zero-order valence-corrected chi connectivity index (χ0v) is 18.1. The first-order valence-corrected chi connectivity index (χ1v) is 9.62. The second-order valence-electron chi connectivity index (χ2n) is 6.87. The fraction of sp³-hybridized carbons (Fsp3) is 0.364. The van der Waals surface area contributed by atoms with Crippen molar-refractivity contribution in [1.82, 2.24) is 10.3 Å². The highest BCUT2D eigenvalue weighted by atomic mass is 35.5. The van der Waals surface area contributed by atoms with Crippen molar-refractivity contribution in [3.05, 3.63) is 59.2 Å². The van der Waals surface area contributed by atoms with Gasteiger partial charge < -0.3 is 14.2 Å². The summed E-state index contributed by atoms with van der Waals surface area (Å²) in [5.74, 6) is 1.12. The number of carbonyl (C=O) groups excluding carboxylic acids is 1. The quantitative estimate of drug-likeness (QED) is 0.512. The van der Waals surface area contributed by atoms with Crippen LogP contribution in [0.1, 0.15) is 16.7 Å². The standard InChI is InChI=1S/C22H27N3O4.ClH/c1-17-3-5-18(6-4-17)16-29-20-8-7-19(13-21(20)27-2)14-23-24-22(26)15-25-9-11-28-12-10-25;/h3-8,13-14H,9-12,15-16H2,1-2H3,(H,24,26);1H. The summed E-state index contributed by atoms with van der Waals surface area (Å²) >= 11 is 0. The van der Waals surface area contributed by atoms with Crippen molar-refractivity contribution < 1.29 is 19.0 Å². The van der Waals surface area contributed by atoms with Crippen molar-refractivity contribution in [2.24, 2.45) is 5.10 Å². The van der Waals surface area contributed by atoms with Gasteiger partial charge in [-0.15, -0.1) is 12.4 Å². The van der Waals surface area contributed by atoms with Crippen molar-refractivity contribution in [3.63, 3.8) is 0 Å². The Morgan fingerprint density at radius 1 is 1.17 bits per heavy atom. The van der Waals surface area contributed by atoms with Crippen LogP contribution in [-0.4, -0.2) is 57.0 Å². The summed E-state index contributed by atoms with van der Waals surface area (Å²) in [6, 6.07) is 13.7. The van der Waals surface area contributed by atoms with Gasteiger partial charge in [-0.25, -0.2) is 5.43 Å². The number of rotatable bonds is 8. The van der Waals surface area contributed by atoms with E-state index in [2.05, 4.69) is 29.6 Å². The molecule has 0 atom stereocenters. The van der Waals surface area contributed by atoms with Crippen LogP contribution in [0.3, 0.4) is 0 Å². The predicted molar refractivity (Wildman–Crippen MR) is 119 cm³/mol. The van der Waals surface area contributed by atoms with Crippen molar-refractivity contribution in [2.45, 2.75) is 13.5 Å². The number of nitrogens with one attached hydrogen (secondary N) is 1. The molecule has 0 unspecified atom stereocenters. The molecule has 30 heavy (non-hydrogen) atoms. The van der Waals surface area contributed by atoms with Gasteiger partial charge in [-0.3, -0.25) is 9.69 Å². The summed E-state index contributed by atoms with van der Waals surface area (Å²) in [6.45, 7) is 5.68. The van der Waals surface area contributed by atoms with Gasteiger partial charge in [0.15, 0.2) is 11.5 Å². The number of amides is 1. The molecule has 0 saturated carbocycles. The van der Waals surface area contributed by atoms with Crippen LogP contribution in [0.25, 0.3) is 0 Å². The highest BCUT2D eigenvalue weighted by molar-refractivity contribution is 5.85. The summed E-state index contributed by atoms with van der Waals surface area (Å²) < 4.78 is 16.6. The van der Waals surface area contributed by atoms with Gasteiger partial charge in [-0.2, -0.15) is 5.10 Å². The van der Waals surface area contributed by atoms with Crippen molar-refractivity contribution in [2.75, 3.05) is 40.0 Å². The van der Waals surface area contributed by atoms with Crippen LogP contribution >= 0.6 is 12.4 Å². The molecule has 1 fully saturated rings. The maximum absolute atomic E-state index is 12.0. The number of methoxy groups -OCH3 is 1. The number of aryl methyl sites for hydroxylation is 1. The molecule has 1 amide bonds. The molecule has 0 bridgehead atoms. The Balaban J connectivity index is 0.00000320. The van der Waals surface area contributed by atoms with E-state index < -0.39 is 0 Å². The van der Waals surface area contributed by atoms with E-state index in [-0.39, 0.29) is 18.3 Å². The molecule has 1 heterocycles. The predicted octanol–water partition coefficient (Wildman–Crippen LogP) is 2.79. The van der Waals surface area contributed by atoms with Gasteiger partial charge in [0.05, 0.1) is 33.1 Å². The molecule has 3 rings (SSSR count). The number of hydrogen-bond acceptors (Lipinski definition) is 6. The van der Waals surface area contributed by atoms with Crippen LogP contribution in [0.4, 0.5) is 0 Å². The smallest absolute Gasteiger partial charge is 0.254 e. The van der Waals surface area contributed by atoms with Gasteiger partial charge in [0.1, 0.15) is 6.61 Å². The molecule has 0 spiro atoms. The molecule has 1 N–H and O–H groups in total. The largest absolute Gasteiger partial charge is 0.493 e.